The van der Waals surface area contributed by atoms with E-state index in [-0.39, 0.29) is 18.4 Å². The Morgan fingerprint density at radius 2 is 1.83 bits per heavy atom. The lowest BCUT2D eigenvalue weighted by molar-refractivity contribution is -0.131. The van der Waals surface area contributed by atoms with Gasteiger partial charge in [0.2, 0.25) is 6.10 Å². The third-order valence-corrected chi connectivity index (χ3v) is 4.31. The number of ether oxygens (including phenoxy) is 3. The number of nitrogens with one attached hydrogen (secondary N) is 3. The van der Waals surface area contributed by atoms with Crippen molar-refractivity contribution in [3.63, 3.8) is 0 Å². The normalized spacial score (nSPS) is 15.0. The highest BCUT2D eigenvalue weighted by Crippen LogP contribution is 2.30. The van der Waals surface area contributed by atoms with Gasteiger partial charge in [0.05, 0.1) is 11.7 Å². The first-order chi connectivity index (χ1) is 13.8. The van der Waals surface area contributed by atoms with Crippen molar-refractivity contribution in [2.45, 2.75) is 39.9 Å². The Labute approximate surface area is 167 Å². The molecule has 2 aromatic rings. The molecule has 1 unspecified atom stereocenters. The molecule has 0 fully saturated rings. The second-order valence-corrected chi connectivity index (χ2v) is 6.89. The van der Waals surface area contributed by atoms with E-state index in [0.717, 1.165) is 0 Å². The molecule has 9 heteroatoms. The topological polar surface area (TPSA) is 119 Å². The van der Waals surface area contributed by atoms with E-state index in [1.807, 2.05) is 0 Å². The summed E-state index contributed by atoms with van der Waals surface area (Å²) >= 11 is 0. The third-order valence-electron chi connectivity index (χ3n) is 4.31. The van der Waals surface area contributed by atoms with Crippen LogP contribution in [-0.2, 0) is 9.53 Å². The van der Waals surface area contributed by atoms with E-state index in [1.165, 1.54) is 0 Å². The first-order valence-corrected chi connectivity index (χ1v) is 9.16. The number of carbonyl (C=O) groups excluding carboxylic acids is 3. The lowest BCUT2D eigenvalue weighted by Gasteiger charge is -2.25. The van der Waals surface area contributed by atoms with Gasteiger partial charge in [-0.05, 0) is 45.4 Å². The van der Waals surface area contributed by atoms with E-state index < -0.39 is 23.9 Å². The highest BCUT2D eigenvalue weighted by Gasteiger charge is 2.28. The summed E-state index contributed by atoms with van der Waals surface area (Å²) in [7, 11) is 0. The molecule has 0 saturated heterocycles. The molecule has 2 amide bonds. The summed E-state index contributed by atoms with van der Waals surface area (Å²) < 4.78 is 16.3. The predicted molar refractivity (Wildman–Crippen MR) is 103 cm³/mol. The molecule has 2 heterocycles. The van der Waals surface area contributed by atoms with Gasteiger partial charge in [-0.2, -0.15) is 0 Å². The van der Waals surface area contributed by atoms with Crippen LogP contribution < -0.4 is 20.3 Å². The molecule has 0 radical (unpaired) electrons. The fraction of sp³-hybridized carbons (Fsp3) is 0.350. The highest BCUT2D eigenvalue weighted by molar-refractivity contribution is 6.01. The van der Waals surface area contributed by atoms with Gasteiger partial charge in [0.25, 0.3) is 11.8 Å². The van der Waals surface area contributed by atoms with E-state index in [1.54, 1.807) is 52.0 Å². The Kier molecular flexibility index (Phi) is 5.76. The van der Waals surface area contributed by atoms with Gasteiger partial charge < -0.3 is 19.2 Å². The molecule has 3 rings (SSSR count). The molecule has 1 aliphatic heterocycles. The largest absolute Gasteiger partial charge is 0.485 e. The van der Waals surface area contributed by atoms with Gasteiger partial charge in [0.15, 0.2) is 11.5 Å². The average molecular weight is 401 g/mol. The summed E-state index contributed by atoms with van der Waals surface area (Å²) in [5.41, 5.74) is 6.04. The molecule has 9 nitrogen and oxygen atoms in total. The zero-order valence-electron chi connectivity index (χ0n) is 16.6. The molecule has 1 aliphatic rings. The lowest BCUT2D eigenvalue weighted by Crippen LogP contribution is -2.51. The van der Waals surface area contributed by atoms with Gasteiger partial charge in [-0.25, -0.2) is 4.79 Å². The molecule has 0 spiro atoms. The number of aromatic nitrogens is 1. The van der Waals surface area contributed by atoms with E-state index in [4.69, 9.17) is 14.2 Å². The number of esters is 1. The van der Waals surface area contributed by atoms with E-state index in [9.17, 15) is 14.4 Å². The second kappa shape index (κ2) is 8.26. The highest BCUT2D eigenvalue weighted by atomic mass is 16.6. The molecule has 0 bridgehead atoms. The molecule has 1 aromatic heterocycles. The SMILES string of the molecule is Cc1[nH]c(C(=O)NNC(=O)C2COc3ccccc3O2)c(C)c1C(=O)OC(C)C. The van der Waals surface area contributed by atoms with Gasteiger partial charge in [-0.15, -0.1) is 0 Å². The van der Waals surface area contributed by atoms with Crippen LogP contribution in [0.25, 0.3) is 0 Å². The smallest absolute Gasteiger partial charge is 0.340 e. The van der Waals surface area contributed by atoms with Gasteiger partial charge in [0, 0.05) is 5.69 Å². The van der Waals surface area contributed by atoms with Crippen molar-refractivity contribution in [2.75, 3.05) is 6.61 Å². The van der Waals surface area contributed by atoms with E-state index in [0.29, 0.717) is 28.3 Å². The Bertz CT molecular complexity index is 950. The molecule has 1 aromatic carbocycles. The van der Waals surface area contributed by atoms with Crippen molar-refractivity contribution >= 4 is 17.8 Å². The lowest BCUT2D eigenvalue weighted by atomic mass is 10.1. The van der Waals surface area contributed by atoms with E-state index in [2.05, 4.69) is 15.8 Å². The molecule has 0 aliphatic carbocycles. The van der Waals surface area contributed by atoms with Crippen LogP contribution in [0.5, 0.6) is 11.5 Å². The number of H-pyrrole nitrogens is 1. The number of para-hydroxylation sites is 2. The molecule has 29 heavy (non-hydrogen) atoms. The quantitative estimate of drug-likeness (QED) is 0.531. The van der Waals surface area contributed by atoms with Crippen molar-refractivity contribution in [3.05, 3.63) is 46.8 Å². The molecule has 1 atom stereocenters. The van der Waals surface area contributed by atoms with Crippen molar-refractivity contribution in [3.8, 4) is 11.5 Å². The molecule has 3 N–H and O–H groups in total. The minimum absolute atomic E-state index is 0.0184. The van der Waals surface area contributed by atoms with Crippen molar-refractivity contribution in [1.82, 2.24) is 15.8 Å². The number of hydrogen-bond acceptors (Lipinski definition) is 6. The van der Waals surface area contributed by atoms with Crippen molar-refractivity contribution in [1.29, 1.82) is 0 Å². The van der Waals surface area contributed by atoms with Gasteiger partial charge in [-0.1, -0.05) is 12.1 Å². The van der Waals surface area contributed by atoms with Crippen LogP contribution >= 0.6 is 0 Å². The number of amides is 2. The maximum Gasteiger partial charge on any atom is 0.340 e. The average Bonchev–Trinajstić information content (AvgIpc) is 2.99. The second-order valence-electron chi connectivity index (χ2n) is 6.89. The summed E-state index contributed by atoms with van der Waals surface area (Å²) in [6.07, 6.45) is -1.19. The number of carbonyl (C=O) groups is 3. The summed E-state index contributed by atoms with van der Waals surface area (Å²) in [5.74, 6) is -0.665. The number of hydrogen-bond donors (Lipinski definition) is 3. The fourth-order valence-electron chi connectivity index (χ4n) is 2.97. The van der Waals surface area contributed by atoms with Gasteiger partial charge in [0.1, 0.15) is 12.3 Å². The molecular formula is C20H23N3O6. The predicted octanol–water partition coefficient (Wildman–Crippen LogP) is 1.80. The Balaban J connectivity index is 1.63. The first-order valence-electron chi connectivity index (χ1n) is 9.16. The van der Waals surface area contributed by atoms with Crippen LogP contribution in [0.3, 0.4) is 0 Å². The van der Waals surface area contributed by atoms with Crippen LogP contribution in [0, 0.1) is 13.8 Å². The monoisotopic (exact) mass is 401 g/mol. The number of rotatable bonds is 4. The number of benzene rings is 1. The molecule has 0 saturated carbocycles. The van der Waals surface area contributed by atoms with Gasteiger partial charge >= 0.3 is 5.97 Å². The van der Waals surface area contributed by atoms with Crippen LogP contribution in [0.1, 0.15) is 46.0 Å². The third kappa shape index (κ3) is 4.34. The fourth-order valence-corrected chi connectivity index (χ4v) is 2.97. The van der Waals surface area contributed by atoms with Crippen LogP contribution in [0.2, 0.25) is 0 Å². The van der Waals surface area contributed by atoms with Crippen molar-refractivity contribution < 1.29 is 28.6 Å². The molecular weight excluding hydrogens is 378 g/mol. The number of aryl methyl sites for hydroxylation is 1. The Morgan fingerprint density at radius 3 is 2.52 bits per heavy atom. The number of fused-ring (bicyclic) bond motifs is 1. The minimum Gasteiger partial charge on any atom is -0.485 e. The summed E-state index contributed by atoms with van der Waals surface area (Å²) in [4.78, 5) is 39.9. The maximum atomic E-state index is 12.5. The minimum atomic E-state index is -0.909. The summed E-state index contributed by atoms with van der Waals surface area (Å²) in [6.45, 7) is 6.81. The first kappa shape index (κ1) is 20.2. The summed E-state index contributed by atoms with van der Waals surface area (Å²) in [5, 5.41) is 0. The van der Waals surface area contributed by atoms with Crippen LogP contribution in [0.4, 0.5) is 0 Å². The zero-order valence-corrected chi connectivity index (χ0v) is 16.6. The number of aromatic amines is 1. The standard InChI is InChI=1S/C20H23N3O6/c1-10(2)28-20(26)16-11(3)17(21-12(16)4)19(25)23-22-18(24)15-9-27-13-7-5-6-8-14(13)29-15/h5-8,10,15,21H,9H2,1-4H3,(H,22,24)(H,23,25). The maximum absolute atomic E-state index is 12.5. The molecule has 154 valence electrons. The van der Waals surface area contributed by atoms with E-state index >= 15 is 0 Å². The Morgan fingerprint density at radius 1 is 1.14 bits per heavy atom. The van der Waals surface area contributed by atoms with Crippen molar-refractivity contribution in [2.24, 2.45) is 0 Å². The zero-order chi connectivity index (χ0) is 21.1. The van der Waals surface area contributed by atoms with Crippen LogP contribution in [-0.4, -0.2) is 41.6 Å². The number of hydrazine groups is 1. The van der Waals surface area contributed by atoms with Crippen LogP contribution in [0.15, 0.2) is 24.3 Å². The summed E-state index contributed by atoms with van der Waals surface area (Å²) in [6, 6.07) is 7.00. The van der Waals surface area contributed by atoms with Gasteiger partial charge in [-0.3, -0.25) is 20.4 Å². The Hall–Kier alpha value is -3.49.